The minimum absolute atomic E-state index is 0.515. The van der Waals surface area contributed by atoms with Crippen LogP contribution in [0.15, 0.2) is 25.1 Å². The van der Waals surface area contributed by atoms with Gasteiger partial charge in [0, 0.05) is 0 Å². The second-order valence-corrected chi connectivity index (χ2v) is 5.90. The molecule has 2 aliphatic carbocycles. The number of rotatable bonds is 3. The summed E-state index contributed by atoms with van der Waals surface area (Å²) in [5.41, 5.74) is 0. The maximum absolute atomic E-state index is 12.1. The van der Waals surface area contributed by atoms with Gasteiger partial charge in [-0.05, 0) is 75.0 Å². The first-order chi connectivity index (χ1) is 8.33. The van der Waals surface area contributed by atoms with Gasteiger partial charge in [0.1, 0.15) is 0 Å². The van der Waals surface area contributed by atoms with Gasteiger partial charge in [-0.3, -0.25) is 0 Å². The molecule has 0 heterocycles. The molecule has 0 nitrogen and oxygen atoms in total. The molecule has 2 saturated carbocycles. The molecule has 96 valence electrons. The highest BCUT2D eigenvalue weighted by atomic mass is 19.1. The minimum atomic E-state index is 0.515. The Morgan fingerprint density at radius 3 is 1.65 bits per heavy atom. The van der Waals surface area contributed by atoms with Crippen LogP contribution < -0.4 is 0 Å². The number of hydrogen-bond donors (Lipinski definition) is 0. The normalized spacial score (nSPS) is 39.4. The third-order valence-electron chi connectivity index (χ3n) is 4.98. The van der Waals surface area contributed by atoms with Crippen molar-refractivity contribution in [1.82, 2.24) is 0 Å². The van der Waals surface area contributed by atoms with Gasteiger partial charge in [0.05, 0.1) is 6.33 Å². The molecule has 0 amide bonds. The van der Waals surface area contributed by atoms with E-state index in [0.29, 0.717) is 5.92 Å². The molecule has 1 heteroatoms. The largest absolute Gasteiger partial charge is 0.216 e. The third kappa shape index (κ3) is 3.43. The maximum Gasteiger partial charge on any atom is 0.0829 e. The standard InChI is InChI=1S/C16H25F/c1-2-13-3-7-15(8-4-13)16-9-5-14(6-10-16)11-12-17/h2,11-16H,1,3-10H2/b12-11+. The summed E-state index contributed by atoms with van der Waals surface area (Å²) in [5.74, 6) is 3.16. The van der Waals surface area contributed by atoms with Crippen LogP contribution in [0.5, 0.6) is 0 Å². The molecule has 2 aliphatic rings. The van der Waals surface area contributed by atoms with E-state index in [1.165, 1.54) is 51.4 Å². The lowest BCUT2D eigenvalue weighted by Gasteiger charge is -2.36. The fourth-order valence-corrected chi connectivity index (χ4v) is 3.76. The van der Waals surface area contributed by atoms with E-state index in [1.54, 1.807) is 6.08 Å². The first-order valence-electron chi connectivity index (χ1n) is 7.23. The lowest BCUT2D eigenvalue weighted by atomic mass is 9.69. The Bertz CT molecular complexity index is 253. The molecule has 2 fully saturated rings. The van der Waals surface area contributed by atoms with Gasteiger partial charge in [0.2, 0.25) is 0 Å². The zero-order chi connectivity index (χ0) is 12.1. The van der Waals surface area contributed by atoms with E-state index in [0.717, 1.165) is 24.1 Å². The molecule has 0 saturated heterocycles. The van der Waals surface area contributed by atoms with Gasteiger partial charge in [0.15, 0.2) is 0 Å². The summed E-state index contributed by atoms with van der Waals surface area (Å²) in [5, 5.41) is 0. The summed E-state index contributed by atoms with van der Waals surface area (Å²) in [6.07, 6.45) is 15.1. The Labute approximate surface area is 105 Å². The van der Waals surface area contributed by atoms with E-state index in [4.69, 9.17) is 0 Å². The smallest absolute Gasteiger partial charge is 0.0829 e. The Hall–Kier alpha value is -0.590. The zero-order valence-corrected chi connectivity index (χ0v) is 10.8. The highest BCUT2D eigenvalue weighted by Gasteiger charge is 2.29. The highest BCUT2D eigenvalue weighted by molar-refractivity contribution is 4.90. The molecule has 0 spiro atoms. The monoisotopic (exact) mass is 236 g/mol. The predicted molar refractivity (Wildman–Crippen MR) is 71.3 cm³/mol. The van der Waals surface area contributed by atoms with Gasteiger partial charge in [-0.25, -0.2) is 4.39 Å². The Morgan fingerprint density at radius 1 is 0.765 bits per heavy atom. The second kappa shape index (κ2) is 6.37. The SMILES string of the molecule is C=CC1CCC(C2CCC(/C=C/F)CC2)CC1. The van der Waals surface area contributed by atoms with Crippen LogP contribution in [0.1, 0.15) is 51.4 Å². The minimum Gasteiger partial charge on any atom is -0.216 e. The zero-order valence-electron chi connectivity index (χ0n) is 10.8. The summed E-state index contributed by atoms with van der Waals surface area (Å²) in [4.78, 5) is 0. The van der Waals surface area contributed by atoms with Crippen LogP contribution in [-0.4, -0.2) is 0 Å². The van der Waals surface area contributed by atoms with Crippen LogP contribution in [0, 0.1) is 23.7 Å². The molecule has 0 atom stereocenters. The Balaban J connectivity index is 1.76. The molecule has 2 rings (SSSR count). The van der Waals surface area contributed by atoms with Crippen molar-refractivity contribution in [2.75, 3.05) is 0 Å². The molecule has 17 heavy (non-hydrogen) atoms. The number of allylic oxidation sites excluding steroid dienone is 2. The van der Waals surface area contributed by atoms with E-state index in [2.05, 4.69) is 12.7 Å². The van der Waals surface area contributed by atoms with Crippen molar-refractivity contribution < 1.29 is 4.39 Å². The van der Waals surface area contributed by atoms with Crippen LogP contribution in [0.3, 0.4) is 0 Å². The van der Waals surface area contributed by atoms with Crippen molar-refractivity contribution in [1.29, 1.82) is 0 Å². The molecule has 0 aromatic carbocycles. The molecule has 0 aromatic heterocycles. The van der Waals surface area contributed by atoms with Crippen molar-refractivity contribution in [3.05, 3.63) is 25.1 Å². The molecular formula is C16H25F. The van der Waals surface area contributed by atoms with Gasteiger partial charge >= 0.3 is 0 Å². The summed E-state index contributed by atoms with van der Waals surface area (Å²) in [7, 11) is 0. The molecular weight excluding hydrogens is 211 g/mol. The summed E-state index contributed by atoms with van der Waals surface area (Å²) in [6, 6.07) is 0. The Kier molecular flexibility index (Phi) is 4.82. The average molecular weight is 236 g/mol. The first kappa shape index (κ1) is 12.9. The van der Waals surface area contributed by atoms with Crippen LogP contribution in [0.4, 0.5) is 4.39 Å². The lowest BCUT2D eigenvalue weighted by Crippen LogP contribution is -2.25. The highest BCUT2D eigenvalue weighted by Crippen LogP contribution is 2.41. The number of hydrogen-bond acceptors (Lipinski definition) is 0. The quantitative estimate of drug-likeness (QED) is 0.586. The van der Waals surface area contributed by atoms with E-state index in [1.807, 2.05) is 0 Å². The van der Waals surface area contributed by atoms with Gasteiger partial charge in [-0.15, -0.1) is 6.58 Å². The molecule has 0 radical (unpaired) electrons. The van der Waals surface area contributed by atoms with E-state index in [9.17, 15) is 4.39 Å². The molecule has 0 aliphatic heterocycles. The molecule has 0 N–H and O–H groups in total. The van der Waals surface area contributed by atoms with E-state index < -0.39 is 0 Å². The number of halogens is 1. The predicted octanol–water partition coefficient (Wildman–Crippen LogP) is 5.27. The summed E-state index contributed by atoms with van der Waals surface area (Å²) < 4.78 is 12.1. The molecule has 0 unspecified atom stereocenters. The van der Waals surface area contributed by atoms with Gasteiger partial charge in [-0.1, -0.05) is 12.2 Å². The fraction of sp³-hybridized carbons (Fsp3) is 0.750. The van der Waals surface area contributed by atoms with Crippen molar-refractivity contribution >= 4 is 0 Å². The van der Waals surface area contributed by atoms with Gasteiger partial charge in [0.25, 0.3) is 0 Å². The van der Waals surface area contributed by atoms with Gasteiger partial charge in [-0.2, -0.15) is 0 Å². The van der Waals surface area contributed by atoms with Crippen molar-refractivity contribution in [2.24, 2.45) is 23.7 Å². The summed E-state index contributed by atoms with van der Waals surface area (Å²) in [6.45, 7) is 3.91. The van der Waals surface area contributed by atoms with Crippen molar-refractivity contribution in [3.63, 3.8) is 0 Å². The topological polar surface area (TPSA) is 0 Å². The van der Waals surface area contributed by atoms with E-state index >= 15 is 0 Å². The van der Waals surface area contributed by atoms with Crippen molar-refractivity contribution in [3.8, 4) is 0 Å². The second-order valence-electron chi connectivity index (χ2n) is 5.90. The van der Waals surface area contributed by atoms with Crippen LogP contribution in [0.25, 0.3) is 0 Å². The third-order valence-corrected chi connectivity index (χ3v) is 4.98. The van der Waals surface area contributed by atoms with Gasteiger partial charge < -0.3 is 0 Å². The van der Waals surface area contributed by atoms with Crippen LogP contribution in [0.2, 0.25) is 0 Å². The van der Waals surface area contributed by atoms with Crippen LogP contribution in [-0.2, 0) is 0 Å². The average Bonchev–Trinajstić information content (AvgIpc) is 2.40. The molecule has 0 bridgehead atoms. The summed E-state index contributed by atoms with van der Waals surface area (Å²) >= 11 is 0. The van der Waals surface area contributed by atoms with Crippen molar-refractivity contribution in [2.45, 2.75) is 51.4 Å². The molecule has 0 aromatic rings. The van der Waals surface area contributed by atoms with E-state index in [-0.39, 0.29) is 0 Å². The first-order valence-corrected chi connectivity index (χ1v) is 7.23. The lowest BCUT2D eigenvalue weighted by molar-refractivity contribution is 0.166. The maximum atomic E-state index is 12.1. The van der Waals surface area contributed by atoms with Crippen LogP contribution >= 0.6 is 0 Å². The fourth-order valence-electron chi connectivity index (χ4n) is 3.76. The Morgan fingerprint density at radius 2 is 1.24 bits per heavy atom.